The van der Waals surface area contributed by atoms with Gasteiger partial charge >= 0.3 is 0 Å². The number of rotatable bonds is 3. The Hall–Kier alpha value is -1.41. The highest BCUT2D eigenvalue weighted by Gasteiger charge is 2.28. The highest BCUT2D eigenvalue weighted by atomic mass is 15.1. The van der Waals surface area contributed by atoms with Crippen LogP contribution in [0.15, 0.2) is 30.5 Å². The number of likely N-dealkylation sites (tertiary alicyclic amines) is 1. The average Bonchev–Trinajstić information content (AvgIpc) is 2.54. The Morgan fingerprint density at radius 3 is 2.42 bits per heavy atom. The smallest absolute Gasteiger partial charge is 0.0507 e. The molecule has 2 aromatic rings. The summed E-state index contributed by atoms with van der Waals surface area (Å²) in [4.78, 5) is 7.25. The first-order chi connectivity index (χ1) is 11.4. The van der Waals surface area contributed by atoms with Gasteiger partial charge in [0.1, 0.15) is 0 Å². The van der Waals surface area contributed by atoms with Crippen molar-refractivity contribution in [3.8, 4) is 0 Å². The predicted molar refractivity (Wildman–Crippen MR) is 103 cm³/mol. The van der Waals surface area contributed by atoms with Crippen LogP contribution in [0.2, 0.25) is 0 Å². The molecule has 0 unspecified atom stereocenters. The van der Waals surface area contributed by atoms with Gasteiger partial charge in [0.05, 0.1) is 5.69 Å². The first-order valence-electron chi connectivity index (χ1n) is 9.45. The molecular formula is C22H32N2. The van der Waals surface area contributed by atoms with E-state index in [1.54, 1.807) is 0 Å². The molecule has 0 bridgehead atoms. The van der Waals surface area contributed by atoms with Crippen molar-refractivity contribution in [3.05, 3.63) is 41.7 Å². The van der Waals surface area contributed by atoms with Gasteiger partial charge in [0.15, 0.2) is 0 Å². The fourth-order valence-corrected chi connectivity index (χ4v) is 4.09. The Labute approximate surface area is 147 Å². The molecule has 0 atom stereocenters. The third kappa shape index (κ3) is 3.64. The molecule has 130 valence electrons. The van der Waals surface area contributed by atoms with E-state index in [0.717, 1.165) is 12.5 Å². The van der Waals surface area contributed by atoms with Gasteiger partial charge in [-0.15, -0.1) is 0 Å². The Morgan fingerprint density at radius 2 is 1.79 bits per heavy atom. The first kappa shape index (κ1) is 17.4. The predicted octanol–water partition coefficient (Wildman–Crippen LogP) is 5.62. The maximum atomic E-state index is 4.62. The standard InChI is InChI=1S/C22H32N2/c1-16(2)21-20-8-6-7-17(19(20)9-12-23-21)15-24-13-10-18(11-14-24)22(3,4)5/h6-9,12,16,18H,10-11,13-15H2,1-5H3. The van der Waals surface area contributed by atoms with Gasteiger partial charge in [0.25, 0.3) is 0 Å². The molecule has 0 spiro atoms. The minimum atomic E-state index is 0.448. The van der Waals surface area contributed by atoms with Gasteiger partial charge in [-0.05, 0) is 60.2 Å². The molecule has 2 nitrogen and oxygen atoms in total. The number of benzene rings is 1. The molecule has 24 heavy (non-hydrogen) atoms. The van der Waals surface area contributed by atoms with Gasteiger partial charge < -0.3 is 0 Å². The van der Waals surface area contributed by atoms with Gasteiger partial charge in [-0.1, -0.05) is 52.8 Å². The summed E-state index contributed by atoms with van der Waals surface area (Å²) in [6.45, 7) is 15.1. The van der Waals surface area contributed by atoms with Crippen LogP contribution in [0.1, 0.15) is 64.6 Å². The highest BCUT2D eigenvalue weighted by Crippen LogP contribution is 2.35. The normalized spacial score (nSPS) is 17.8. The summed E-state index contributed by atoms with van der Waals surface area (Å²) in [7, 11) is 0. The number of piperidine rings is 1. The Kier molecular flexibility index (Phi) is 4.96. The molecule has 0 amide bonds. The third-order valence-electron chi connectivity index (χ3n) is 5.68. The molecule has 2 heteroatoms. The molecule has 0 saturated carbocycles. The van der Waals surface area contributed by atoms with Crippen molar-refractivity contribution in [2.75, 3.05) is 13.1 Å². The summed E-state index contributed by atoms with van der Waals surface area (Å²) < 4.78 is 0. The number of fused-ring (bicyclic) bond motifs is 1. The first-order valence-corrected chi connectivity index (χ1v) is 9.45. The van der Waals surface area contributed by atoms with E-state index in [4.69, 9.17) is 0 Å². The largest absolute Gasteiger partial charge is 0.299 e. The van der Waals surface area contributed by atoms with Crippen molar-refractivity contribution in [2.45, 2.75) is 59.9 Å². The van der Waals surface area contributed by atoms with E-state index in [1.807, 2.05) is 6.20 Å². The second-order valence-electron chi connectivity index (χ2n) is 8.78. The number of hydrogen-bond donors (Lipinski definition) is 0. The van der Waals surface area contributed by atoms with Crippen molar-refractivity contribution in [1.29, 1.82) is 0 Å². The second-order valence-corrected chi connectivity index (χ2v) is 8.78. The van der Waals surface area contributed by atoms with E-state index in [0.29, 0.717) is 11.3 Å². The Bertz CT molecular complexity index is 689. The van der Waals surface area contributed by atoms with Gasteiger partial charge in [0.2, 0.25) is 0 Å². The molecule has 0 N–H and O–H groups in total. The summed E-state index contributed by atoms with van der Waals surface area (Å²) in [5.41, 5.74) is 3.12. The monoisotopic (exact) mass is 324 g/mol. The lowest BCUT2D eigenvalue weighted by Crippen LogP contribution is -2.37. The van der Waals surface area contributed by atoms with Crippen LogP contribution in [-0.4, -0.2) is 23.0 Å². The zero-order valence-electron chi connectivity index (χ0n) is 16.0. The molecule has 1 saturated heterocycles. The minimum absolute atomic E-state index is 0.448. The van der Waals surface area contributed by atoms with Gasteiger partial charge in [-0.3, -0.25) is 9.88 Å². The van der Waals surface area contributed by atoms with Crippen LogP contribution in [0.25, 0.3) is 10.8 Å². The van der Waals surface area contributed by atoms with Crippen LogP contribution in [0.5, 0.6) is 0 Å². The number of nitrogens with zero attached hydrogens (tertiary/aromatic N) is 2. The van der Waals surface area contributed by atoms with E-state index >= 15 is 0 Å². The third-order valence-corrected chi connectivity index (χ3v) is 5.68. The molecule has 1 aromatic heterocycles. The Balaban J connectivity index is 1.78. The number of pyridine rings is 1. The molecule has 1 aliphatic rings. The highest BCUT2D eigenvalue weighted by molar-refractivity contribution is 5.87. The lowest BCUT2D eigenvalue weighted by atomic mass is 9.75. The molecule has 1 aromatic carbocycles. The summed E-state index contributed by atoms with van der Waals surface area (Å²) in [5.74, 6) is 1.32. The van der Waals surface area contributed by atoms with E-state index < -0.39 is 0 Å². The fourth-order valence-electron chi connectivity index (χ4n) is 4.09. The van der Waals surface area contributed by atoms with Gasteiger partial charge in [-0.25, -0.2) is 0 Å². The van der Waals surface area contributed by atoms with Crippen LogP contribution in [-0.2, 0) is 6.54 Å². The molecule has 0 radical (unpaired) electrons. The second kappa shape index (κ2) is 6.84. The van der Waals surface area contributed by atoms with Crippen molar-refractivity contribution in [2.24, 2.45) is 11.3 Å². The lowest BCUT2D eigenvalue weighted by Gasteiger charge is -2.38. The maximum Gasteiger partial charge on any atom is 0.0507 e. The molecular weight excluding hydrogens is 292 g/mol. The SMILES string of the molecule is CC(C)c1nccc2c(CN3CCC(C(C)(C)C)CC3)cccc12. The van der Waals surface area contributed by atoms with E-state index in [-0.39, 0.29) is 0 Å². The van der Waals surface area contributed by atoms with Crippen LogP contribution in [0, 0.1) is 11.3 Å². The van der Waals surface area contributed by atoms with Crippen molar-refractivity contribution in [1.82, 2.24) is 9.88 Å². The molecule has 0 aliphatic carbocycles. The molecule has 1 fully saturated rings. The summed E-state index contributed by atoms with van der Waals surface area (Å²) in [5, 5.41) is 2.71. The zero-order chi connectivity index (χ0) is 17.3. The fraction of sp³-hybridized carbons (Fsp3) is 0.591. The number of hydrogen-bond acceptors (Lipinski definition) is 2. The van der Waals surface area contributed by atoms with Crippen molar-refractivity contribution >= 4 is 10.8 Å². The zero-order valence-corrected chi connectivity index (χ0v) is 16.0. The Morgan fingerprint density at radius 1 is 1.08 bits per heavy atom. The van der Waals surface area contributed by atoms with Crippen molar-refractivity contribution in [3.63, 3.8) is 0 Å². The summed E-state index contributed by atoms with van der Waals surface area (Å²) in [6, 6.07) is 8.92. The van der Waals surface area contributed by atoms with Gasteiger partial charge in [0, 0.05) is 18.1 Å². The van der Waals surface area contributed by atoms with E-state index in [2.05, 4.69) is 68.8 Å². The lowest BCUT2D eigenvalue weighted by molar-refractivity contribution is 0.108. The van der Waals surface area contributed by atoms with E-state index in [1.165, 1.54) is 48.0 Å². The summed E-state index contributed by atoms with van der Waals surface area (Å²) in [6.07, 6.45) is 4.63. The van der Waals surface area contributed by atoms with Crippen LogP contribution in [0.3, 0.4) is 0 Å². The molecule has 2 heterocycles. The quantitative estimate of drug-likeness (QED) is 0.729. The maximum absolute atomic E-state index is 4.62. The van der Waals surface area contributed by atoms with Crippen molar-refractivity contribution < 1.29 is 0 Å². The van der Waals surface area contributed by atoms with Crippen LogP contribution >= 0.6 is 0 Å². The number of aromatic nitrogens is 1. The van der Waals surface area contributed by atoms with Crippen LogP contribution in [0.4, 0.5) is 0 Å². The van der Waals surface area contributed by atoms with Gasteiger partial charge in [-0.2, -0.15) is 0 Å². The topological polar surface area (TPSA) is 16.1 Å². The van der Waals surface area contributed by atoms with E-state index in [9.17, 15) is 0 Å². The van der Waals surface area contributed by atoms with Crippen LogP contribution < -0.4 is 0 Å². The minimum Gasteiger partial charge on any atom is -0.299 e. The summed E-state index contributed by atoms with van der Waals surface area (Å²) >= 11 is 0. The molecule has 3 rings (SSSR count). The average molecular weight is 325 g/mol. The molecule has 1 aliphatic heterocycles.